The van der Waals surface area contributed by atoms with E-state index in [-0.39, 0.29) is 18.1 Å². The van der Waals surface area contributed by atoms with Gasteiger partial charge in [-0.25, -0.2) is 4.79 Å². The van der Waals surface area contributed by atoms with Crippen LogP contribution in [-0.2, 0) is 25.6 Å². The van der Waals surface area contributed by atoms with Crippen molar-refractivity contribution in [2.75, 3.05) is 5.75 Å². The molecule has 7 N–H and O–H groups in total. The van der Waals surface area contributed by atoms with Crippen molar-refractivity contribution in [1.29, 1.82) is 0 Å². The van der Waals surface area contributed by atoms with Crippen LogP contribution in [0.25, 0.3) is 0 Å². The van der Waals surface area contributed by atoms with Crippen molar-refractivity contribution in [3.05, 3.63) is 35.9 Å². The standard InChI is InChI=1S/C22H34N4O6S/c1-4-12(2)17(25-19(28)15(23)10-14-8-6-5-7-9-14)20(29)26-18(13(3)27)21(30)24-16(11-33)22(31)32/h5-9,12-13,15-18,27,33H,4,10-11,23H2,1-3H3,(H,24,30)(H,25,28)(H,26,29)(H,31,32)/t12-,13+,15-,16-,17-,18-/m0/s1. The third kappa shape index (κ3) is 9.03. The zero-order valence-corrected chi connectivity index (χ0v) is 19.9. The molecule has 0 aliphatic heterocycles. The van der Waals surface area contributed by atoms with Crippen LogP contribution in [-0.4, -0.2) is 69.9 Å². The molecule has 0 unspecified atom stereocenters. The number of nitrogens with one attached hydrogen (secondary N) is 3. The minimum atomic E-state index is -1.43. The number of aliphatic hydroxyl groups is 1. The average Bonchev–Trinajstić information content (AvgIpc) is 2.78. The molecule has 0 saturated carbocycles. The lowest BCUT2D eigenvalue weighted by molar-refractivity contribution is -0.142. The number of benzene rings is 1. The molecule has 0 fully saturated rings. The Morgan fingerprint density at radius 1 is 0.970 bits per heavy atom. The van der Waals surface area contributed by atoms with Crippen molar-refractivity contribution in [2.45, 2.75) is 63.9 Å². The average molecular weight is 483 g/mol. The molecule has 1 aromatic rings. The summed E-state index contributed by atoms with van der Waals surface area (Å²) in [5.74, 6) is -3.88. The van der Waals surface area contributed by atoms with Gasteiger partial charge in [-0.1, -0.05) is 50.6 Å². The second kappa shape index (κ2) is 13.8. The minimum absolute atomic E-state index is 0.174. The molecule has 10 nitrogen and oxygen atoms in total. The van der Waals surface area contributed by atoms with Crippen LogP contribution in [0.3, 0.4) is 0 Å². The van der Waals surface area contributed by atoms with E-state index in [1.807, 2.05) is 37.3 Å². The van der Waals surface area contributed by atoms with Crippen molar-refractivity contribution in [1.82, 2.24) is 16.0 Å². The molecule has 0 aliphatic carbocycles. The Balaban J connectivity index is 2.92. The predicted octanol–water partition coefficient (Wildman–Crippen LogP) is -0.548. The molecule has 0 bridgehead atoms. The summed E-state index contributed by atoms with van der Waals surface area (Å²) in [5.41, 5.74) is 6.89. The first-order chi connectivity index (χ1) is 15.5. The van der Waals surface area contributed by atoms with Gasteiger partial charge in [0.15, 0.2) is 0 Å². The van der Waals surface area contributed by atoms with Gasteiger partial charge in [-0.2, -0.15) is 12.6 Å². The van der Waals surface area contributed by atoms with Gasteiger partial charge < -0.3 is 31.9 Å². The van der Waals surface area contributed by atoms with E-state index in [0.29, 0.717) is 6.42 Å². The molecule has 1 aromatic carbocycles. The SMILES string of the molecule is CC[C@H](C)[C@H](NC(=O)[C@@H](N)Cc1ccccc1)C(=O)N[C@H](C(=O)N[C@@H](CS)C(=O)O)[C@@H](C)O. The first kappa shape index (κ1) is 28.4. The number of hydrogen-bond acceptors (Lipinski definition) is 7. The van der Waals surface area contributed by atoms with Gasteiger partial charge in [0.2, 0.25) is 17.7 Å². The van der Waals surface area contributed by atoms with Crippen LogP contribution in [0, 0.1) is 5.92 Å². The minimum Gasteiger partial charge on any atom is -0.480 e. The summed E-state index contributed by atoms with van der Waals surface area (Å²) in [6.07, 6.45) is -0.504. The van der Waals surface area contributed by atoms with Crippen LogP contribution in [0.1, 0.15) is 32.8 Å². The maximum absolute atomic E-state index is 13.0. The third-order valence-electron chi connectivity index (χ3n) is 5.29. The van der Waals surface area contributed by atoms with E-state index in [1.54, 1.807) is 6.92 Å². The molecule has 6 atom stereocenters. The summed E-state index contributed by atoms with van der Waals surface area (Å²) in [4.78, 5) is 49.3. The van der Waals surface area contributed by atoms with Gasteiger partial charge in [0.25, 0.3) is 0 Å². The Morgan fingerprint density at radius 3 is 2.00 bits per heavy atom. The summed E-state index contributed by atoms with van der Waals surface area (Å²) < 4.78 is 0. The molecule has 0 radical (unpaired) electrons. The molecular formula is C22H34N4O6S. The van der Waals surface area contributed by atoms with Gasteiger partial charge in [-0.15, -0.1) is 0 Å². The zero-order chi connectivity index (χ0) is 25.1. The van der Waals surface area contributed by atoms with Crippen molar-refractivity contribution in [3.8, 4) is 0 Å². The van der Waals surface area contributed by atoms with E-state index in [9.17, 15) is 24.3 Å². The summed E-state index contributed by atoms with van der Waals surface area (Å²) >= 11 is 3.88. The van der Waals surface area contributed by atoms with E-state index < -0.39 is 54.0 Å². The predicted molar refractivity (Wildman–Crippen MR) is 127 cm³/mol. The fourth-order valence-corrected chi connectivity index (χ4v) is 3.27. The highest BCUT2D eigenvalue weighted by atomic mass is 32.1. The molecule has 0 heterocycles. The number of rotatable bonds is 13. The highest BCUT2D eigenvalue weighted by molar-refractivity contribution is 7.80. The van der Waals surface area contributed by atoms with Crippen LogP contribution in [0.4, 0.5) is 0 Å². The van der Waals surface area contributed by atoms with Gasteiger partial charge in [-0.3, -0.25) is 14.4 Å². The molecule has 3 amide bonds. The van der Waals surface area contributed by atoms with Crippen molar-refractivity contribution in [2.24, 2.45) is 11.7 Å². The molecular weight excluding hydrogens is 448 g/mol. The fraction of sp³-hybridized carbons (Fsp3) is 0.545. The number of aliphatic hydroxyl groups excluding tert-OH is 1. The Hall–Kier alpha value is -2.63. The van der Waals surface area contributed by atoms with E-state index in [2.05, 4.69) is 28.6 Å². The van der Waals surface area contributed by atoms with Gasteiger partial charge in [0.05, 0.1) is 12.1 Å². The van der Waals surface area contributed by atoms with Crippen LogP contribution in [0.5, 0.6) is 0 Å². The molecule has 11 heteroatoms. The smallest absolute Gasteiger partial charge is 0.327 e. The zero-order valence-electron chi connectivity index (χ0n) is 19.0. The molecule has 0 spiro atoms. The monoisotopic (exact) mass is 482 g/mol. The Kier molecular flexibility index (Phi) is 11.9. The Morgan fingerprint density at radius 2 is 1.52 bits per heavy atom. The number of nitrogens with two attached hydrogens (primary N) is 1. The third-order valence-corrected chi connectivity index (χ3v) is 5.65. The highest BCUT2D eigenvalue weighted by Gasteiger charge is 2.34. The van der Waals surface area contributed by atoms with Crippen LogP contribution < -0.4 is 21.7 Å². The van der Waals surface area contributed by atoms with Crippen LogP contribution in [0.15, 0.2) is 30.3 Å². The molecule has 0 aromatic heterocycles. The second-order valence-electron chi connectivity index (χ2n) is 7.98. The Labute approximate surface area is 199 Å². The first-order valence-corrected chi connectivity index (χ1v) is 11.4. The quantitative estimate of drug-likeness (QED) is 0.185. The number of hydrogen-bond donors (Lipinski definition) is 7. The number of carbonyl (C=O) groups is 4. The fourth-order valence-electron chi connectivity index (χ4n) is 3.02. The van der Waals surface area contributed by atoms with Crippen LogP contribution >= 0.6 is 12.6 Å². The molecule has 184 valence electrons. The maximum atomic E-state index is 13.0. The normalized spacial score (nSPS) is 16.4. The lowest BCUT2D eigenvalue weighted by Gasteiger charge is -2.28. The summed E-state index contributed by atoms with van der Waals surface area (Å²) in [5, 5.41) is 26.4. The van der Waals surface area contributed by atoms with E-state index in [0.717, 1.165) is 5.56 Å². The van der Waals surface area contributed by atoms with Gasteiger partial charge in [0.1, 0.15) is 18.1 Å². The number of aliphatic carboxylic acids is 1. The van der Waals surface area contributed by atoms with E-state index in [4.69, 9.17) is 10.8 Å². The van der Waals surface area contributed by atoms with Gasteiger partial charge >= 0.3 is 5.97 Å². The van der Waals surface area contributed by atoms with Gasteiger partial charge in [-0.05, 0) is 24.8 Å². The summed E-state index contributed by atoms with van der Waals surface area (Å²) in [6.45, 7) is 4.88. The number of thiol groups is 1. The van der Waals surface area contributed by atoms with Crippen molar-refractivity contribution in [3.63, 3.8) is 0 Å². The molecule has 0 saturated heterocycles. The highest BCUT2D eigenvalue weighted by Crippen LogP contribution is 2.10. The molecule has 33 heavy (non-hydrogen) atoms. The van der Waals surface area contributed by atoms with Crippen molar-refractivity contribution >= 4 is 36.3 Å². The molecule has 1 rings (SSSR count). The first-order valence-electron chi connectivity index (χ1n) is 10.7. The topological polar surface area (TPSA) is 171 Å². The van der Waals surface area contributed by atoms with Crippen LogP contribution in [0.2, 0.25) is 0 Å². The Bertz CT molecular complexity index is 807. The number of carboxylic acid groups (broad SMARTS) is 1. The van der Waals surface area contributed by atoms with E-state index in [1.165, 1.54) is 6.92 Å². The molecule has 0 aliphatic rings. The summed E-state index contributed by atoms with van der Waals surface area (Å²) in [7, 11) is 0. The largest absolute Gasteiger partial charge is 0.480 e. The second-order valence-corrected chi connectivity index (χ2v) is 8.34. The number of carboxylic acids is 1. The van der Waals surface area contributed by atoms with Gasteiger partial charge in [0, 0.05) is 5.75 Å². The lowest BCUT2D eigenvalue weighted by atomic mass is 9.96. The number of amides is 3. The summed E-state index contributed by atoms with van der Waals surface area (Å²) in [6, 6.07) is 4.56. The van der Waals surface area contributed by atoms with E-state index >= 15 is 0 Å². The maximum Gasteiger partial charge on any atom is 0.327 e. The lowest BCUT2D eigenvalue weighted by Crippen LogP contribution is -2.61. The van der Waals surface area contributed by atoms with Crippen molar-refractivity contribution < 1.29 is 29.4 Å². The number of carbonyl (C=O) groups excluding carboxylic acids is 3.